The van der Waals surface area contributed by atoms with E-state index in [0.29, 0.717) is 39.2 Å². The van der Waals surface area contributed by atoms with Gasteiger partial charge in [-0.05, 0) is 49.2 Å². The number of carbonyl (C=O) groups is 1. The van der Waals surface area contributed by atoms with E-state index in [-0.39, 0.29) is 11.9 Å². The molecule has 0 saturated heterocycles. The second-order valence-electron chi connectivity index (χ2n) is 8.03. The van der Waals surface area contributed by atoms with E-state index in [0.717, 1.165) is 17.5 Å². The number of hydrogen-bond donors (Lipinski definition) is 3. The SMILES string of the molecule is CCc1ccnc(NC(=O)C2=C(C)NC(Nc3nc4ccccc4o3)=NC2c2ccccc2Cl)c1. The molecular weight excluding hydrogens is 464 g/mol. The van der Waals surface area contributed by atoms with E-state index >= 15 is 0 Å². The van der Waals surface area contributed by atoms with Gasteiger partial charge in [-0.2, -0.15) is 4.98 Å². The molecule has 1 aliphatic rings. The number of para-hydroxylation sites is 2. The smallest absolute Gasteiger partial charge is 0.302 e. The third kappa shape index (κ3) is 4.74. The van der Waals surface area contributed by atoms with Gasteiger partial charge in [0.05, 0.1) is 5.57 Å². The lowest BCUT2D eigenvalue weighted by atomic mass is 9.95. The average molecular weight is 487 g/mol. The first-order valence-electron chi connectivity index (χ1n) is 11.2. The number of fused-ring (bicyclic) bond motifs is 1. The van der Waals surface area contributed by atoms with Gasteiger partial charge < -0.3 is 15.1 Å². The average Bonchev–Trinajstić information content (AvgIpc) is 3.26. The van der Waals surface area contributed by atoms with Crippen LogP contribution in [0.3, 0.4) is 0 Å². The van der Waals surface area contributed by atoms with Gasteiger partial charge in [0.2, 0.25) is 5.96 Å². The number of aliphatic imine (C=N–C) groups is 1. The number of guanidine groups is 1. The number of aromatic nitrogens is 2. The summed E-state index contributed by atoms with van der Waals surface area (Å²) in [5, 5.41) is 9.66. The molecule has 9 heteroatoms. The normalized spacial score (nSPS) is 15.5. The van der Waals surface area contributed by atoms with E-state index in [1.165, 1.54) is 0 Å². The maximum Gasteiger partial charge on any atom is 0.302 e. The third-order valence-electron chi connectivity index (χ3n) is 5.68. The highest BCUT2D eigenvalue weighted by Gasteiger charge is 2.31. The third-order valence-corrected chi connectivity index (χ3v) is 6.02. The molecule has 4 aromatic rings. The van der Waals surface area contributed by atoms with Gasteiger partial charge in [0.1, 0.15) is 17.4 Å². The number of benzene rings is 2. The molecule has 2 aromatic carbocycles. The van der Waals surface area contributed by atoms with Crippen LogP contribution in [0.15, 0.2) is 87.5 Å². The number of halogens is 1. The number of amides is 1. The van der Waals surface area contributed by atoms with Crippen molar-refractivity contribution in [1.29, 1.82) is 0 Å². The summed E-state index contributed by atoms with van der Waals surface area (Å²) in [5.41, 5.74) is 4.21. The summed E-state index contributed by atoms with van der Waals surface area (Å²) in [6.45, 7) is 3.86. The molecule has 3 N–H and O–H groups in total. The van der Waals surface area contributed by atoms with Crippen LogP contribution in [0.5, 0.6) is 0 Å². The van der Waals surface area contributed by atoms with Crippen molar-refractivity contribution in [3.05, 3.63) is 94.3 Å². The molecule has 0 bridgehead atoms. The molecule has 3 heterocycles. The zero-order valence-corrected chi connectivity index (χ0v) is 19.9. The number of pyridine rings is 1. The molecule has 1 amide bonds. The van der Waals surface area contributed by atoms with E-state index in [9.17, 15) is 4.79 Å². The standard InChI is InChI=1S/C26H23ClN6O2/c1-3-16-12-13-28-21(14-16)31-24(34)22-15(2)29-25(32-23(22)17-8-4-5-9-18(17)27)33-26-30-19-10-6-7-11-20(19)35-26/h4-14,23H,3H2,1-2H3,(H,28,31,34)(H2,29,30,32,33). The van der Waals surface area contributed by atoms with Crippen LogP contribution in [0.4, 0.5) is 11.8 Å². The topological polar surface area (TPSA) is 104 Å². The number of allylic oxidation sites excluding steroid dienone is 1. The van der Waals surface area contributed by atoms with Gasteiger partial charge in [-0.15, -0.1) is 0 Å². The Morgan fingerprint density at radius 1 is 1.14 bits per heavy atom. The van der Waals surface area contributed by atoms with Crippen molar-refractivity contribution in [3.8, 4) is 0 Å². The summed E-state index contributed by atoms with van der Waals surface area (Å²) >= 11 is 6.53. The second kappa shape index (κ2) is 9.60. The number of anilines is 2. The van der Waals surface area contributed by atoms with E-state index < -0.39 is 6.04 Å². The fourth-order valence-electron chi connectivity index (χ4n) is 3.93. The quantitative estimate of drug-likeness (QED) is 0.346. The summed E-state index contributed by atoms with van der Waals surface area (Å²) in [7, 11) is 0. The van der Waals surface area contributed by atoms with Gasteiger partial charge >= 0.3 is 6.01 Å². The number of carbonyl (C=O) groups excluding carboxylic acids is 1. The van der Waals surface area contributed by atoms with E-state index in [1.807, 2.05) is 68.4 Å². The predicted molar refractivity (Wildman–Crippen MR) is 137 cm³/mol. The highest BCUT2D eigenvalue weighted by Crippen LogP contribution is 2.35. The number of hydrogen-bond acceptors (Lipinski definition) is 7. The van der Waals surface area contributed by atoms with E-state index in [2.05, 4.69) is 25.9 Å². The number of nitrogens with one attached hydrogen (secondary N) is 3. The first-order valence-corrected chi connectivity index (χ1v) is 11.6. The minimum Gasteiger partial charge on any atom is -0.423 e. The van der Waals surface area contributed by atoms with Gasteiger partial charge in [0.25, 0.3) is 5.91 Å². The van der Waals surface area contributed by atoms with Gasteiger partial charge in [-0.3, -0.25) is 10.1 Å². The molecule has 35 heavy (non-hydrogen) atoms. The number of nitrogens with zero attached hydrogens (tertiary/aromatic N) is 3. The van der Waals surface area contributed by atoms with Crippen molar-refractivity contribution in [2.75, 3.05) is 10.6 Å². The summed E-state index contributed by atoms with van der Waals surface area (Å²) in [4.78, 5) is 26.9. The van der Waals surface area contributed by atoms with Crippen LogP contribution < -0.4 is 16.0 Å². The number of rotatable bonds is 5. The Morgan fingerprint density at radius 2 is 1.94 bits per heavy atom. The van der Waals surface area contributed by atoms with Crippen molar-refractivity contribution < 1.29 is 9.21 Å². The van der Waals surface area contributed by atoms with Crippen LogP contribution in [-0.2, 0) is 11.2 Å². The predicted octanol–water partition coefficient (Wildman–Crippen LogP) is 5.46. The lowest BCUT2D eigenvalue weighted by molar-refractivity contribution is -0.113. The number of aryl methyl sites for hydroxylation is 1. The maximum atomic E-state index is 13.4. The van der Waals surface area contributed by atoms with Crippen LogP contribution in [-0.4, -0.2) is 21.8 Å². The Hall–Kier alpha value is -4.17. The van der Waals surface area contributed by atoms with Crippen molar-refractivity contribution >= 4 is 46.4 Å². The molecule has 0 fully saturated rings. The molecule has 0 saturated carbocycles. The second-order valence-corrected chi connectivity index (χ2v) is 8.44. The Bertz CT molecular complexity index is 1440. The zero-order valence-electron chi connectivity index (χ0n) is 19.2. The minimum absolute atomic E-state index is 0.289. The molecule has 0 spiro atoms. The summed E-state index contributed by atoms with van der Waals surface area (Å²) in [6, 6.07) is 18.2. The van der Waals surface area contributed by atoms with Gasteiger partial charge in [-0.25, -0.2) is 9.98 Å². The van der Waals surface area contributed by atoms with Crippen LogP contribution >= 0.6 is 11.6 Å². The van der Waals surface area contributed by atoms with Gasteiger partial charge in [0.15, 0.2) is 5.58 Å². The maximum absolute atomic E-state index is 13.4. The Labute approximate surface area is 207 Å². The summed E-state index contributed by atoms with van der Waals surface area (Å²) < 4.78 is 5.77. The monoisotopic (exact) mass is 486 g/mol. The molecule has 5 rings (SSSR count). The summed E-state index contributed by atoms with van der Waals surface area (Å²) in [5.74, 6) is 0.555. The van der Waals surface area contributed by atoms with Crippen LogP contribution in [0.25, 0.3) is 11.1 Å². The Morgan fingerprint density at radius 3 is 2.74 bits per heavy atom. The van der Waals surface area contributed by atoms with Crippen molar-refractivity contribution in [2.45, 2.75) is 26.3 Å². The Balaban J connectivity index is 1.48. The van der Waals surface area contributed by atoms with Crippen LogP contribution in [0.2, 0.25) is 5.02 Å². The van der Waals surface area contributed by atoms with Gasteiger partial charge in [-0.1, -0.05) is 48.9 Å². The van der Waals surface area contributed by atoms with Gasteiger partial charge in [0, 0.05) is 22.5 Å². The molecule has 176 valence electrons. The van der Waals surface area contributed by atoms with Crippen molar-refractivity contribution in [2.24, 2.45) is 4.99 Å². The van der Waals surface area contributed by atoms with E-state index in [4.69, 9.17) is 21.0 Å². The van der Waals surface area contributed by atoms with Crippen LogP contribution in [0, 0.1) is 0 Å². The largest absolute Gasteiger partial charge is 0.423 e. The molecular formula is C26H23ClN6O2. The molecule has 0 radical (unpaired) electrons. The molecule has 2 aromatic heterocycles. The first-order chi connectivity index (χ1) is 17.0. The minimum atomic E-state index is -0.661. The van der Waals surface area contributed by atoms with E-state index in [1.54, 1.807) is 12.3 Å². The number of oxazole rings is 1. The van der Waals surface area contributed by atoms with Crippen LogP contribution in [0.1, 0.15) is 31.0 Å². The fourth-order valence-corrected chi connectivity index (χ4v) is 4.17. The highest BCUT2D eigenvalue weighted by atomic mass is 35.5. The molecule has 1 unspecified atom stereocenters. The van der Waals surface area contributed by atoms with Crippen molar-refractivity contribution in [1.82, 2.24) is 15.3 Å². The molecule has 0 aliphatic carbocycles. The Kier molecular flexibility index (Phi) is 6.20. The fraction of sp³-hybridized carbons (Fsp3) is 0.154. The molecule has 1 atom stereocenters. The zero-order chi connectivity index (χ0) is 24.4. The highest BCUT2D eigenvalue weighted by molar-refractivity contribution is 6.31. The summed E-state index contributed by atoms with van der Waals surface area (Å²) in [6.07, 6.45) is 2.52. The molecule has 1 aliphatic heterocycles. The molecule has 8 nitrogen and oxygen atoms in total. The lowest BCUT2D eigenvalue weighted by Gasteiger charge is -2.26. The lowest BCUT2D eigenvalue weighted by Crippen LogP contribution is -2.37. The first kappa shape index (κ1) is 22.6. The van der Waals surface area contributed by atoms with Crippen molar-refractivity contribution in [3.63, 3.8) is 0 Å².